The van der Waals surface area contributed by atoms with E-state index in [1.807, 2.05) is 70.6 Å². The Hall–Kier alpha value is 2.20. The molecule has 4 rings (SSSR count). The Morgan fingerprint density at radius 2 is 0.906 bits per heavy atom. The lowest BCUT2D eigenvalue weighted by Crippen LogP contribution is -1.83. The smallest absolute Gasteiger partial charge is 0.0718 e. The summed E-state index contributed by atoms with van der Waals surface area (Å²) in [7, 11) is 0. The van der Waals surface area contributed by atoms with Gasteiger partial charge < -0.3 is 0 Å². The van der Waals surface area contributed by atoms with E-state index in [1.165, 1.54) is 88.3 Å². The van der Waals surface area contributed by atoms with Gasteiger partial charge >= 0.3 is 0 Å². The lowest BCUT2D eigenvalue weighted by Gasteiger charge is -2.07. The van der Waals surface area contributed by atoms with Crippen LogP contribution in [0.3, 0.4) is 0 Å². The third-order valence-electron chi connectivity index (χ3n) is 4.65. The van der Waals surface area contributed by atoms with Crippen molar-refractivity contribution in [2.75, 3.05) is 11.5 Å². The first-order valence-corrected chi connectivity index (χ1v) is 19.7. The topological polar surface area (TPSA) is 0 Å². The molecule has 0 aromatic heterocycles. The van der Waals surface area contributed by atoms with Gasteiger partial charge in [-0.25, -0.2) is 0 Å². The summed E-state index contributed by atoms with van der Waals surface area (Å²) in [6.45, 7) is 4.59. The fraction of sp³-hybridized carbons (Fsp3) is 0.545. The van der Waals surface area contributed by atoms with Gasteiger partial charge in [-0.05, 0) is 35.2 Å². The van der Waals surface area contributed by atoms with Crippen molar-refractivity contribution in [2.24, 2.45) is 0 Å². The molecule has 0 unspecified atom stereocenters. The highest BCUT2D eigenvalue weighted by molar-refractivity contribution is 8.50. The fourth-order valence-electron chi connectivity index (χ4n) is 2.98. The first kappa shape index (κ1) is 27.2. The molecule has 0 atom stereocenters. The maximum atomic E-state index is 2.30. The summed E-state index contributed by atoms with van der Waals surface area (Å²) in [5.41, 5.74) is 0. The summed E-state index contributed by atoms with van der Waals surface area (Å²) in [5, 5.41) is 4.40. The van der Waals surface area contributed by atoms with Crippen LogP contribution in [0.2, 0.25) is 0 Å². The Kier molecular flexibility index (Phi) is 12.6. The number of thioether (sulfide) groups is 10. The molecule has 4 aliphatic heterocycles. The molecule has 4 heterocycles. The van der Waals surface area contributed by atoms with Crippen LogP contribution >= 0.6 is 118 Å². The average Bonchev–Trinajstić information content (AvgIpc) is 3.56. The van der Waals surface area contributed by atoms with Gasteiger partial charge in [0, 0.05) is 0 Å². The van der Waals surface area contributed by atoms with Crippen LogP contribution in [0.15, 0.2) is 44.7 Å². The molecular formula is C22H28S10. The van der Waals surface area contributed by atoms with E-state index in [2.05, 4.69) is 71.7 Å². The lowest BCUT2D eigenvalue weighted by molar-refractivity contribution is 0.707. The normalized spacial score (nSPS) is 20.7. The highest BCUT2D eigenvalue weighted by Gasteiger charge is 2.35. The molecule has 32 heavy (non-hydrogen) atoms. The predicted octanol–water partition coefficient (Wildman–Crippen LogP) is 12.5. The van der Waals surface area contributed by atoms with Crippen LogP contribution in [0.4, 0.5) is 0 Å². The van der Waals surface area contributed by atoms with Gasteiger partial charge in [-0.3, -0.25) is 0 Å². The number of unbranched alkanes of at least 4 members (excludes halogenated alkanes) is 6. The van der Waals surface area contributed by atoms with Gasteiger partial charge in [-0.1, -0.05) is 146 Å². The Morgan fingerprint density at radius 3 is 1.34 bits per heavy atom. The van der Waals surface area contributed by atoms with E-state index in [0.29, 0.717) is 0 Å². The standard InChI is InChI=1S/C22H28S10/c1-3-5-7-9-11-23-16-17(24-12-10-8-6-4-2)28-19(27-16)20-31-21-22(32-20)30-18(29-21)15-25-13-14-26-15/h13-14H,3-12H2,1-2H3. The van der Waals surface area contributed by atoms with E-state index in [9.17, 15) is 0 Å². The maximum Gasteiger partial charge on any atom is 0.0718 e. The van der Waals surface area contributed by atoms with Crippen LogP contribution in [0.1, 0.15) is 65.2 Å². The van der Waals surface area contributed by atoms with Crippen molar-refractivity contribution in [1.29, 1.82) is 0 Å². The Morgan fingerprint density at radius 1 is 0.500 bits per heavy atom. The van der Waals surface area contributed by atoms with Gasteiger partial charge in [0.05, 0.1) is 33.9 Å². The maximum absolute atomic E-state index is 2.30. The Labute approximate surface area is 236 Å². The molecule has 0 N–H and O–H groups in total. The minimum atomic E-state index is 1.27. The molecule has 0 spiro atoms. The summed E-state index contributed by atoms with van der Waals surface area (Å²) in [4.78, 5) is 0. The monoisotopic (exact) mass is 612 g/mol. The van der Waals surface area contributed by atoms with Crippen molar-refractivity contribution in [3.05, 3.63) is 44.7 Å². The highest BCUT2D eigenvalue weighted by atomic mass is 32.3. The average molecular weight is 613 g/mol. The molecule has 0 amide bonds. The molecule has 0 bridgehead atoms. The van der Waals surface area contributed by atoms with Crippen LogP contribution in [-0.4, -0.2) is 11.5 Å². The zero-order valence-corrected chi connectivity index (χ0v) is 26.5. The van der Waals surface area contributed by atoms with Crippen LogP contribution in [0.25, 0.3) is 0 Å². The van der Waals surface area contributed by atoms with Crippen LogP contribution in [0, 0.1) is 0 Å². The molecule has 0 saturated heterocycles. The molecule has 0 aromatic rings. The van der Waals surface area contributed by atoms with Crippen molar-refractivity contribution in [3.63, 3.8) is 0 Å². The molecule has 0 aliphatic carbocycles. The van der Waals surface area contributed by atoms with Crippen LogP contribution in [0.5, 0.6) is 0 Å². The third-order valence-corrected chi connectivity index (χ3v) is 19.1. The van der Waals surface area contributed by atoms with Crippen molar-refractivity contribution in [2.45, 2.75) is 65.2 Å². The van der Waals surface area contributed by atoms with Crippen LogP contribution in [-0.2, 0) is 0 Å². The minimum Gasteiger partial charge on any atom is -0.117 e. The fourth-order valence-corrected chi connectivity index (χ4v) is 17.8. The number of hydrogen-bond donors (Lipinski definition) is 0. The third kappa shape index (κ3) is 7.85. The van der Waals surface area contributed by atoms with Crippen molar-refractivity contribution >= 4 is 118 Å². The first-order valence-electron chi connectivity index (χ1n) is 11.1. The number of rotatable bonds is 12. The van der Waals surface area contributed by atoms with E-state index < -0.39 is 0 Å². The van der Waals surface area contributed by atoms with Crippen molar-refractivity contribution in [1.82, 2.24) is 0 Å². The van der Waals surface area contributed by atoms with Crippen molar-refractivity contribution in [3.8, 4) is 0 Å². The van der Waals surface area contributed by atoms with Crippen LogP contribution < -0.4 is 0 Å². The van der Waals surface area contributed by atoms with Gasteiger partial charge in [0.15, 0.2) is 0 Å². The van der Waals surface area contributed by atoms with E-state index in [0.717, 1.165) is 0 Å². The van der Waals surface area contributed by atoms with E-state index in [-0.39, 0.29) is 0 Å². The first-order chi connectivity index (χ1) is 15.8. The molecule has 4 aliphatic rings. The Balaban J connectivity index is 1.33. The van der Waals surface area contributed by atoms with E-state index in [4.69, 9.17) is 0 Å². The summed E-state index contributed by atoms with van der Waals surface area (Å²) in [6.07, 6.45) is 10.8. The second-order valence-corrected chi connectivity index (χ2v) is 19.5. The largest absolute Gasteiger partial charge is 0.117 e. The molecule has 10 heteroatoms. The van der Waals surface area contributed by atoms with Gasteiger partial charge in [-0.15, -0.1) is 23.5 Å². The Bertz CT molecular complexity index is 776. The van der Waals surface area contributed by atoms with Gasteiger partial charge in [0.25, 0.3) is 0 Å². The number of hydrogen-bond acceptors (Lipinski definition) is 10. The second-order valence-electron chi connectivity index (χ2n) is 7.24. The predicted molar refractivity (Wildman–Crippen MR) is 171 cm³/mol. The van der Waals surface area contributed by atoms with Gasteiger partial charge in [0.2, 0.25) is 0 Å². The van der Waals surface area contributed by atoms with E-state index >= 15 is 0 Å². The molecule has 0 nitrogen and oxygen atoms in total. The summed E-state index contributed by atoms with van der Waals surface area (Å²) in [6, 6.07) is 0. The van der Waals surface area contributed by atoms with E-state index in [1.54, 1.807) is 8.47 Å². The molecular weight excluding hydrogens is 585 g/mol. The molecule has 0 aromatic carbocycles. The minimum absolute atomic E-state index is 1.27. The second kappa shape index (κ2) is 14.8. The van der Waals surface area contributed by atoms with Gasteiger partial charge in [-0.2, -0.15) is 0 Å². The molecule has 0 radical (unpaired) electrons. The quantitative estimate of drug-likeness (QED) is 0.194. The summed E-state index contributed by atoms with van der Waals surface area (Å²) in [5.74, 6) is 2.54. The molecule has 0 fully saturated rings. The lowest BCUT2D eigenvalue weighted by atomic mass is 10.2. The highest BCUT2D eigenvalue weighted by Crippen LogP contribution is 2.72. The SMILES string of the molecule is CCCCCCSC1=C(SCCCCCC)SC(=C2SC3=C(SC(=C4SC=CS4)S3)S2)S1. The summed E-state index contributed by atoms with van der Waals surface area (Å²) >= 11 is 20.1. The summed E-state index contributed by atoms with van der Waals surface area (Å²) < 4.78 is 12.2. The van der Waals surface area contributed by atoms with Gasteiger partial charge in [0.1, 0.15) is 0 Å². The molecule has 0 saturated carbocycles. The van der Waals surface area contributed by atoms with Crippen molar-refractivity contribution < 1.29 is 0 Å². The molecule has 176 valence electrons. The zero-order chi connectivity index (χ0) is 22.2. The zero-order valence-electron chi connectivity index (χ0n) is 18.3.